The molecule has 0 radical (unpaired) electrons. The minimum Gasteiger partial charge on any atom is -0.317 e. The minimum absolute atomic E-state index is 1.17. The van der Waals surface area contributed by atoms with Crippen LogP contribution < -0.4 is 0 Å². The smallest absolute Gasteiger partial charge is 0.0548 e. The van der Waals surface area contributed by atoms with Crippen LogP contribution in [0.3, 0.4) is 0 Å². The summed E-state index contributed by atoms with van der Waals surface area (Å²) in [6, 6.07) is 55.1. The van der Waals surface area contributed by atoms with Crippen LogP contribution in [0.5, 0.6) is 0 Å². The molecule has 9 rings (SSSR count). The SMILES string of the molecule is c1ccc(-n2ccc3c4c5ccccc5n(-c5cccc(-c6ccc7c(ccc8ccccc87)c6)c5)c4ccc32)cc1. The van der Waals surface area contributed by atoms with E-state index in [1.807, 2.05) is 0 Å². The Balaban J connectivity index is 1.24. The Morgan fingerprint density at radius 1 is 0.357 bits per heavy atom. The fourth-order valence-corrected chi connectivity index (χ4v) is 6.79. The van der Waals surface area contributed by atoms with Gasteiger partial charge in [-0.1, -0.05) is 97.1 Å². The fraction of sp³-hybridized carbons (Fsp3) is 0. The Hall–Kier alpha value is -5.60. The average molecular weight is 535 g/mol. The first-order chi connectivity index (χ1) is 20.8. The Morgan fingerprint density at radius 2 is 1.05 bits per heavy atom. The van der Waals surface area contributed by atoms with E-state index in [9.17, 15) is 0 Å². The number of nitrogens with zero attached hydrogens (tertiary/aromatic N) is 2. The van der Waals surface area contributed by atoms with Gasteiger partial charge in [-0.2, -0.15) is 0 Å². The van der Waals surface area contributed by atoms with Crippen LogP contribution in [-0.2, 0) is 0 Å². The van der Waals surface area contributed by atoms with Crippen LogP contribution in [0.15, 0.2) is 158 Å². The highest BCUT2D eigenvalue weighted by atomic mass is 15.0. The van der Waals surface area contributed by atoms with Crippen molar-refractivity contribution in [3.8, 4) is 22.5 Å². The molecule has 0 spiro atoms. The van der Waals surface area contributed by atoms with E-state index in [-0.39, 0.29) is 0 Å². The summed E-state index contributed by atoms with van der Waals surface area (Å²) in [5.74, 6) is 0. The largest absolute Gasteiger partial charge is 0.317 e. The maximum atomic E-state index is 2.42. The van der Waals surface area contributed by atoms with Gasteiger partial charge in [-0.3, -0.25) is 0 Å². The number of para-hydroxylation sites is 2. The van der Waals surface area contributed by atoms with Crippen molar-refractivity contribution >= 4 is 54.3 Å². The van der Waals surface area contributed by atoms with Crippen molar-refractivity contribution in [1.29, 1.82) is 0 Å². The minimum atomic E-state index is 1.17. The summed E-state index contributed by atoms with van der Waals surface area (Å²) < 4.78 is 4.70. The second-order valence-corrected chi connectivity index (χ2v) is 11.0. The highest BCUT2D eigenvalue weighted by molar-refractivity contribution is 6.21. The summed E-state index contributed by atoms with van der Waals surface area (Å²) in [4.78, 5) is 0. The number of rotatable bonds is 3. The summed E-state index contributed by atoms with van der Waals surface area (Å²) in [6.07, 6.45) is 2.19. The van der Waals surface area contributed by atoms with Gasteiger partial charge in [-0.05, 0) is 87.3 Å². The van der Waals surface area contributed by atoms with Crippen LogP contribution in [0.2, 0.25) is 0 Å². The van der Waals surface area contributed by atoms with Crippen molar-refractivity contribution in [1.82, 2.24) is 9.13 Å². The molecule has 0 atom stereocenters. The molecule has 2 heteroatoms. The molecular formula is C40H26N2. The lowest BCUT2D eigenvalue weighted by Gasteiger charge is -2.12. The molecule has 0 saturated heterocycles. The van der Waals surface area contributed by atoms with E-state index in [0.717, 1.165) is 0 Å². The number of hydrogen-bond acceptors (Lipinski definition) is 0. The molecule has 7 aromatic carbocycles. The van der Waals surface area contributed by atoms with Gasteiger partial charge in [0.2, 0.25) is 0 Å². The summed E-state index contributed by atoms with van der Waals surface area (Å²) in [6.45, 7) is 0. The monoisotopic (exact) mass is 534 g/mol. The van der Waals surface area contributed by atoms with Crippen LogP contribution in [0.1, 0.15) is 0 Å². The predicted octanol–water partition coefficient (Wildman–Crippen LogP) is 10.7. The molecule has 0 bridgehead atoms. The first kappa shape index (κ1) is 23.1. The van der Waals surface area contributed by atoms with E-state index in [1.54, 1.807) is 0 Å². The van der Waals surface area contributed by atoms with Crippen molar-refractivity contribution in [3.05, 3.63) is 158 Å². The Kier molecular flexibility index (Phi) is 4.93. The molecule has 0 amide bonds. The van der Waals surface area contributed by atoms with Crippen LogP contribution >= 0.6 is 0 Å². The summed E-state index contributed by atoms with van der Waals surface area (Å²) in [5, 5.41) is 8.96. The zero-order chi connectivity index (χ0) is 27.6. The highest BCUT2D eigenvalue weighted by Gasteiger charge is 2.17. The maximum absolute atomic E-state index is 2.42. The van der Waals surface area contributed by atoms with E-state index < -0.39 is 0 Å². The molecule has 9 aromatic rings. The van der Waals surface area contributed by atoms with E-state index in [4.69, 9.17) is 0 Å². The number of fused-ring (bicyclic) bond motifs is 8. The molecule has 0 N–H and O–H groups in total. The van der Waals surface area contributed by atoms with Gasteiger partial charge in [-0.15, -0.1) is 0 Å². The Labute approximate surface area is 243 Å². The number of aromatic nitrogens is 2. The van der Waals surface area contributed by atoms with Crippen LogP contribution in [-0.4, -0.2) is 9.13 Å². The molecular weight excluding hydrogens is 508 g/mol. The highest BCUT2D eigenvalue weighted by Crippen LogP contribution is 2.39. The zero-order valence-electron chi connectivity index (χ0n) is 22.9. The molecule has 0 aliphatic rings. The lowest BCUT2D eigenvalue weighted by atomic mass is 9.97. The van der Waals surface area contributed by atoms with Gasteiger partial charge in [0.25, 0.3) is 0 Å². The topological polar surface area (TPSA) is 9.86 Å². The third-order valence-corrected chi connectivity index (χ3v) is 8.72. The fourth-order valence-electron chi connectivity index (χ4n) is 6.79. The molecule has 2 heterocycles. The van der Waals surface area contributed by atoms with Crippen LogP contribution in [0.4, 0.5) is 0 Å². The first-order valence-corrected chi connectivity index (χ1v) is 14.4. The summed E-state index contributed by atoms with van der Waals surface area (Å²) in [7, 11) is 0. The predicted molar refractivity (Wildman–Crippen MR) is 178 cm³/mol. The summed E-state index contributed by atoms with van der Waals surface area (Å²) >= 11 is 0. The molecule has 0 unspecified atom stereocenters. The van der Waals surface area contributed by atoms with Gasteiger partial charge in [0.05, 0.1) is 16.6 Å². The van der Waals surface area contributed by atoms with Crippen molar-refractivity contribution in [2.24, 2.45) is 0 Å². The Morgan fingerprint density at radius 3 is 1.98 bits per heavy atom. The van der Waals surface area contributed by atoms with Gasteiger partial charge >= 0.3 is 0 Å². The Bertz CT molecular complexity index is 2460. The van der Waals surface area contributed by atoms with Crippen LogP contribution in [0.25, 0.3) is 76.8 Å². The van der Waals surface area contributed by atoms with E-state index >= 15 is 0 Å². The molecule has 0 fully saturated rings. The second-order valence-electron chi connectivity index (χ2n) is 11.0. The summed E-state index contributed by atoms with van der Waals surface area (Å²) in [5.41, 5.74) is 8.43. The molecule has 0 aliphatic heterocycles. The number of hydrogen-bond donors (Lipinski definition) is 0. The lowest BCUT2D eigenvalue weighted by molar-refractivity contribution is 1.13. The van der Waals surface area contributed by atoms with Gasteiger partial charge in [-0.25, -0.2) is 0 Å². The molecule has 196 valence electrons. The standard InChI is InChI=1S/C40H26N2/c1-2-11-31(12-3-1)41-24-23-36-37(41)21-22-39-40(36)35-15-6-7-16-38(35)42(39)32-13-8-10-28(26-32)29-19-20-34-30(25-29)18-17-27-9-4-5-14-33(27)34/h1-26H. The molecule has 0 aliphatic carbocycles. The van der Waals surface area contributed by atoms with E-state index in [2.05, 4.69) is 167 Å². The third kappa shape index (κ3) is 3.39. The maximum Gasteiger partial charge on any atom is 0.0548 e. The van der Waals surface area contributed by atoms with E-state index in [0.29, 0.717) is 0 Å². The van der Waals surface area contributed by atoms with E-state index in [1.165, 1.54) is 76.8 Å². The van der Waals surface area contributed by atoms with Gasteiger partial charge in [0.1, 0.15) is 0 Å². The van der Waals surface area contributed by atoms with Gasteiger partial charge in [0.15, 0.2) is 0 Å². The van der Waals surface area contributed by atoms with Gasteiger partial charge in [0, 0.05) is 33.7 Å². The third-order valence-electron chi connectivity index (χ3n) is 8.72. The lowest BCUT2D eigenvalue weighted by Crippen LogP contribution is -1.95. The molecule has 2 nitrogen and oxygen atoms in total. The molecule has 2 aromatic heterocycles. The normalized spacial score (nSPS) is 11.8. The molecule has 0 saturated carbocycles. The van der Waals surface area contributed by atoms with Crippen molar-refractivity contribution in [2.75, 3.05) is 0 Å². The van der Waals surface area contributed by atoms with Crippen molar-refractivity contribution in [2.45, 2.75) is 0 Å². The quantitative estimate of drug-likeness (QED) is 0.200. The van der Waals surface area contributed by atoms with Gasteiger partial charge < -0.3 is 9.13 Å². The van der Waals surface area contributed by atoms with Crippen molar-refractivity contribution in [3.63, 3.8) is 0 Å². The van der Waals surface area contributed by atoms with Crippen LogP contribution in [0, 0.1) is 0 Å². The first-order valence-electron chi connectivity index (χ1n) is 14.4. The molecule has 42 heavy (non-hydrogen) atoms. The average Bonchev–Trinajstić information content (AvgIpc) is 3.64. The second kappa shape index (κ2) is 8.95. The zero-order valence-corrected chi connectivity index (χ0v) is 22.9. The van der Waals surface area contributed by atoms with Crippen molar-refractivity contribution < 1.29 is 0 Å². The number of benzene rings is 7.